The Bertz CT molecular complexity index is 809. The summed E-state index contributed by atoms with van der Waals surface area (Å²) in [5.41, 5.74) is 0. The summed E-state index contributed by atoms with van der Waals surface area (Å²) >= 11 is 0. The monoisotopic (exact) mass is 732 g/mol. The third-order valence-electron chi connectivity index (χ3n) is 10.4. The normalized spacial score (nSPS) is 13.9. The average molecular weight is 732 g/mol. The highest BCUT2D eigenvalue weighted by Gasteiger charge is 2.20. The molecule has 52 heavy (non-hydrogen) atoms. The molecule has 0 rings (SSSR count). The fraction of sp³-hybridized carbons (Fsp3) is 0.851. The molecule has 5 nitrogen and oxygen atoms in total. The lowest BCUT2D eigenvalue weighted by Crippen LogP contribution is -2.45. The molecule has 0 saturated carbocycles. The van der Waals surface area contributed by atoms with Crippen molar-refractivity contribution in [3.05, 3.63) is 36.5 Å². The number of carbonyl (C=O) groups is 1. The van der Waals surface area contributed by atoms with Gasteiger partial charge in [-0.15, -0.1) is 0 Å². The summed E-state index contributed by atoms with van der Waals surface area (Å²) in [7, 11) is 0. The smallest absolute Gasteiger partial charge is 0.222 e. The third kappa shape index (κ3) is 38.3. The zero-order valence-electron chi connectivity index (χ0n) is 34.7. The summed E-state index contributed by atoms with van der Waals surface area (Å²) in [5.74, 6) is -0.329. The van der Waals surface area contributed by atoms with E-state index in [-0.39, 0.29) is 18.9 Å². The molecule has 306 valence electrons. The Morgan fingerprint density at radius 2 is 0.827 bits per heavy atom. The maximum absolute atomic E-state index is 12.4. The van der Waals surface area contributed by atoms with Crippen LogP contribution in [0.2, 0.25) is 0 Å². The number of unbranched alkanes of at least 4 members (excludes halogenated alkanes) is 28. The van der Waals surface area contributed by atoms with Gasteiger partial charge in [0.1, 0.15) is 0 Å². The number of hydrogen-bond acceptors (Lipinski definition) is 4. The van der Waals surface area contributed by atoms with Crippen molar-refractivity contribution >= 4 is 5.91 Å². The molecule has 0 aromatic carbocycles. The van der Waals surface area contributed by atoms with Gasteiger partial charge >= 0.3 is 0 Å². The van der Waals surface area contributed by atoms with Crippen molar-refractivity contribution in [2.45, 2.75) is 250 Å². The first-order valence-electron chi connectivity index (χ1n) is 22.8. The second kappa shape index (κ2) is 42.3. The highest BCUT2D eigenvalue weighted by atomic mass is 16.3. The molecule has 4 N–H and O–H groups in total. The highest BCUT2D eigenvalue weighted by molar-refractivity contribution is 5.76. The van der Waals surface area contributed by atoms with Gasteiger partial charge in [0, 0.05) is 0 Å². The summed E-state index contributed by atoms with van der Waals surface area (Å²) in [5, 5.41) is 33.1. The zero-order valence-corrected chi connectivity index (χ0v) is 34.7. The first-order chi connectivity index (χ1) is 25.5. The van der Waals surface area contributed by atoms with Crippen LogP contribution in [-0.2, 0) is 4.79 Å². The Kier molecular flexibility index (Phi) is 41.1. The van der Waals surface area contributed by atoms with Gasteiger partial charge in [-0.3, -0.25) is 4.79 Å². The van der Waals surface area contributed by atoms with Crippen LogP contribution >= 0.6 is 0 Å². The molecule has 3 atom stereocenters. The van der Waals surface area contributed by atoms with Gasteiger partial charge < -0.3 is 20.6 Å². The topological polar surface area (TPSA) is 89.8 Å². The van der Waals surface area contributed by atoms with Crippen molar-refractivity contribution in [1.29, 1.82) is 0 Å². The van der Waals surface area contributed by atoms with Crippen LogP contribution in [0.1, 0.15) is 232 Å². The van der Waals surface area contributed by atoms with Crippen LogP contribution in [0.4, 0.5) is 0 Å². The molecule has 0 aliphatic heterocycles. The van der Waals surface area contributed by atoms with Gasteiger partial charge in [-0.1, -0.05) is 224 Å². The van der Waals surface area contributed by atoms with Crippen LogP contribution in [0.15, 0.2) is 36.5 Å². The van der Waals surface area contributed by atoms with E-state index in [2.05, 4.69) is 43.5 Å². The minimum absolute atomic E-state index is 0.00476. The highest BCUT2D eigenvalue weighted by Crippen LogP contribution is 2.17. The molecule has 0 heterocycles. The van der Waals surface area contributed by atoms with Gasteiger partial charge in [-0.25, -0.2) is 0 Å². The van der Waals surface area contributed by atoms with Crippen molar-refractivity contribution in [3.63, 3.8) is 0 Å². The maximum atomic E-state index is 12.4. The summed E-state index contributed by atoms with van der Waals surface area (Å²) in [6.07, 6.45) is 53.1. The van der Waals surface area contributed by atoms with E-state index in [1.807, 2.05) is 6.08 Å². The van der Waals surface area contributed by atoms with E-state index < -0.39 is 18.2 Å². The third-order valence-corrected chi connectivity index (χ3v) is 10.4. The predicted molar refractivity (Wildman–Crippen MR) is 227 cm³/mol. The second-order valence-corrected chi connectivity index (χ2v) is 15.6. The molecule has 0 aliphatic rings. The van der Waals surface area contributed by atoms with Gasteiger partial charge in [0.2, 0.25) is 5.91 Å². The molecule has 3 unspecified atom stereocenters. The quantitative estimate of drug-likeness (QED) is 0.0372. The molecule has 0 spiro atoms. The van der Waals surface area contributed by atoms with Crippen LogP contribution in [0.5, 0.6) is 0 Å². The van der Waals surface area contributed by atoms with Crippen molar-refractivity contribution in [2.24, 2.45) is 0 Å². The van der Waals surface area contributed by atoms with Crippen molar-refractivity contribution < 1.29 is 20.1 Å². The lowest BCUT2D eigenvalue weighted by atomic mass is 10.0. The molecule has 0 radical (unpaired) electrons. The number of amides is 1. The average Bonchev–Trinajstić information content (AvgIpc) is 3.14. The minimum Gasteiger partial charge on any atom is -0.394 e. The Balaban J connectivity index is 3.55. The standard InChI is InChI=1S/C47H89NO4/c1-3-5-7-9-11-13-15-16-17-18-19-20-21-22-23-24-25-26-27-28-29-31-32-34-36-38-40-44(50)42-47(52)48-45(43-49)46(51)41-39-37-35-33-30-14-12-10-8-6-4-2/h8,10,30,33,39,41,44-46,49-51H,3-7,9,11-29,31-32,34-38,40,42-43H2,1-2H3,(H,48,52)/b10-8+,33-30+,41-39+. The van der Waals surface area contributed by atoms with Gasteiger partial charge in [0.15, 0.2) is 0 Å². The summed E-state index contributed by atoms with van der Waals surface area (Å²) in [6.45, 7) is 4.13. The van der Waals surface area contributed by atoms with Crippen LogP contribution in [0.3, 0.4) is 0 Å². The molecule has 0 aliphatic carbocycles. The Morgan fingerprint density at radius 3 is 1.19 bits per heavy atom. The molecule has 0 aromatic heterocycles. The molecule has 0 aromatic rings. The molecular weight excluding hydrogens is 643 g/mol. The van der Waals surface area contributed by atoms with E-state index in [4.69, 9.17) is 0 Å². The first-order valence-corrected chi connectivity index (χ1v) is 22.8. The van der Waals surface area contributed by atoms with E-state index in [0.29, 0.717) is 6.42 Å². The molecule has 0 saturated heterocycles. The van der Waals surface area contributed by atoms with Gasteiger partial charge in [0.05, 0.1) is 31.3 Å². The molecule has 0 bridgehead atoms. The van der Waals surface area contributed by atoms with Crippen molar-refractivity contribution in [1.82, 2.24) is 5.32 Å². The van der Waals surface area contributed by atoms with E-state index in [0.717, 1.165) is 44.9 Å². The summed E-state index contributed by atoms with van der Waals surface area (Å²) < 4.78 is 0. The summed E-state index contributed by atoms with van der Waals surface area (Å²) in [6, 6.07) is -0.764. The Morgan fingerprint density at radius 1 is 0.481 bits per heavy atom. The molecule has 0 fully saturated rings. The van der Waals surface area contributed by atoms with E-state index in [9.17, 15) is 20.1 Å². The number of hydrogen-bond donors (Lipinski definition) is 4. The van der Waals surface area contributed by atoms with Gasteiger partial charge in [-0.05, 0) is 38.5 Å². The van der Waals surface area contributed by atoms with Crippen molar-refractivity contribution in [2.75, 3.05) is 6.61 Å². The number of aliphatic hydroxyl groups excluding tert-OH is 3. The molecule has 1 amide bonds. The second-order valence-electron chi connectivity index (χ2n) is 15.6. The van der Waals surface area contributed by atoms with Crippen LogP contribution < -0.4 is 5.32 Å². The Hall–Kier alpha value is -1.43. The lowest BCUT2D eigenvalue weighted by Gasteiger charge is -2.21. The van der Waals surface area contributed by atoms with Crippen LogP contribution in [0.25, 0.3) is 0 Å². The van der Waals surface area contributed by atoms with Crippen molar-refractivity contribution in [3.8, 4) is 0 Å². The Labute approximate surface area is 324 Å². The van der Waals surface area contributed by atoms with Gasteiger partial charge in [0.25, 0.3) is 0 Å². The number of aliphatic hydroxyl groups is 3. The number of rotatable bonds is 41. The number of allylic oxidation sites excluding steroid dienone is 5. The molecule has 5 heteroatoms. The molecular formula is C47H89NO4. The minimum atomic E-state index is -0.956. The van der Waals surface area contributed by atoms with E-state index >= 15 is 0 Å². The largest absolute Gasteiger partial charge is 0.394 e. The lowest BCUT2D eigenvalue weighted by molar-refractivity contribution is -0.124. The zero-order chi connectivity index (χ0) is 38.0. The number of carbonyl (C=O) groups excluding carboxylic acids is 1. The maximum Gasteiger partial charge on any atom is 0.222 e. The number of nitrogens with one attached hydrogen (secondary N) is 1. The summed E-state index contributed by atoms with van der Waals surface area (Å²) in [4.78, 5) is 12.4. The fourth-order valence-corrected chi connectivity index (χ4v) is 6.91. The van der Waals surface area contributed by atoms with E-state index in [1.165, 1.54) is 161 Å². The fourth-order valence-electron chi connectivity index (χ4n) is 6.91. The first kappa shape index (κ1) is 50.6. The van der Waals surface area contributed by atoms with Crippen LogP contribution in [0, 0.1) is 0 Å². The van der Waals surface area contributed by atoms with Crippen LogP contribution in [-0.4, -0.2) is 46.1 Å². The van der Waals surface area contributed by atoms with E-state index in [1.54, 1.807) is 6.08 Å². The SMILES string of the molecule is CCC/C=C/CC/C=C/CC/C=C/C(O)C(CO)NC(=O)CC(O)CCCCCCCCCCCCCCCCCCCCCCCCCCCC. The predicted octanol–water partition coefficient (Wildman–Crippen LogP) is 13.2. The van der Waals surface area contributed by atoms with Gasteiger partial charge in [-0.2, -0.15) is 0 Å².